The first-order valence-electron chi connectivity index (χ1n) is 8.14. The van der Waals surface area contributed by atoms with E-state index in [1.54, 1.807) is 0 Å². The van der Waals surface area contributed by atoms with E-state index in [1.807, 2.05) is 6.20 Å². The predicted octanol–water partition coefficient (Wildman–Crippen LogP) is 2.80. The van der Waals surface area contributed by atoms with Gasteiger partial charge in [0.25, 0.3) is 0 Å². The Labute approximate surface area is 123 Å². The van der Waals surface area contributed by atoms with Crippen LogP contribution in [0.3, 0.4) is 0 Å². The number of aryl methyl sites for hydroxylation is 1. The van der Waals surface area contributed by atoms with Gasteiger partial charge in [-0.15, -0.1) is 0 Å². The van der Waals surface area contributed by atoms with Gasteiger partial charge in [-0.25, -0.2) is 0 Å². The number of hydrogen-bond acceptors (Lipinski definition) is 3. The van der Waals surface area contributed by atoms with E-state index in [4.69, 9.17) is 5.73 Å². The van der Waals surface area contributed by atoms with Gasteiger partial charge in [0.05, 0.1) is 11.7 Å². The number of nitrogens with two attached hydrogens (primary N) is 1. The minimum atomic E-state index is 0.226. The Morgan fingerprint density at radius 2 is 2.20 bits per heavy atom. The van der Waals surface area contributed by atoms with Gasteiger partial charge in [-0.3, -0.25) is 9.58 Å². The minimum Gasteiger partial charge on any atom is -0.326 e. The van der Waals surface area contributed by atoms with E-state index >= 15 is 0 Å². The van der Waals surface area contributed by atoms with E-state index in [0.29, 0.717) is 12.0 Å². The fraction of sp³-hybridized carbons (Fsp3) is 0.812. The van der Waals surface area contributed by atoms with Gasteiger partial charge >= 0.3 is 0 Å². The van der Waals surface area contributed by atoms with Gasteiger partial charge in [0.2, 0.25) is 0 Å². The van der Waals surface area contributed by atoms with Crippen molar-refractivity contribution in [3.8, 4) is 0 Å². The van der Waals surface area contributed by atoms with E-state index in [1.165, 1.54) is 18.5 Å². The summed E-state index contributed by atoms with van der Waals surface area (Å²) in [5, 5.41) is 4.49. The third-order valence-electron chi connectivity index (χ3n) is 4.12. The number of nitrogens with zero attached hydrogens (tertiary/aromatic N) is 3. The number of hydrogen-bond donors (Lipinski definition) is 1. The summed E-state index contributed by atoms with van der Waals surface area (Å²) in [5.41, 5.74) is 7.83. The summed E-state index contributed by atoms with van der Waals surface area (Å²) in [4.78, 5) is 2.59. The third kappa shape index (κ3) is 3.61. The molecular weight excluding hydrogens is 248 g/mol. The second-order valence-electron chi connectivity index (χ2n) is 6.47. The molecule has 1 fully saturated rings. The number of rotatable bonds is 5. The Balaban J connectivity index is 2.27. The van der Waals surface area contributed by atoms with Crippen molar-refractivity contribution >= 4 is 0 Å². The first kappa shape index (κ1) is 15.5. The van der Waals surface area contributed by atoms with Crippen LogP contribution in [0.25, 0.3) is 0 Å². The Morgan fingerprint density at radius 3 is 2.90 bits per heavy atom. The zero-order valence-corrected chi connectivity index (χ0v) is 13.3. The van der Waals surface area contributed by atoms with Crippen LogP contribution >= 0.6 is 0 Å². The summed E-state index contributed by atoms with van der Waals surface area (Å²) in [6.45, 7) is 10.0. The summed E-state index contributed by atoms with van der Waals surface area (Å²) < 4.78 is 2.16. The molecule has 2 N–H and O–H groups in total. The molecule has 114 valence electrons. The molecule has 0 saturated carbocycles. The van der Waals surface area contributed by atoms with Crippen LogP contribution in [-0.2, 0) is 6.54 Å². The quantitative estimate of drug-likeness (QED) is 0.901. The van der Waals surface area contributed by atoms with Crippen molar-refractivity contribution in [3.63, 3.8) is 0 Å². The average molecular weight is 278 g/mol. The minimum absolute atomic E-state index is 0.226. The molecule has 2 rings (SSSR count). The summed E-state index contributed by atoms with van der Waals surface area (Å²) in [5.74, 6) is 0.672. The largest absolute Gasteiger partial charge is 0.326 e. The van der Waals surface area contributed by atoms with Crippen molar-refractivity contribution in [1.82, 2.24) is 14.7 Å². The van der Waals surface area contributed by atoms with Gasteiger partial charge in [-0.1, -0.05) is 27.2 Å². The lowest BCUT2D eigenvalue weighted by molar-refractivity contribution is 0.157. The SMILES string of the molecule is CCCn1nccc1C1C(N)CCCCN1CC(C)C. The van der Waals surface area contributed by atoms with Crippen LogP contribution < -0.4 is 5.73 Å². The molecule has 0 spiro atoms. The molecule has 2 atom stereocenters. The van der Waals surface area contributed by atoms with Crippen molar-refractivity contribution in [1.29, 1.82) is 0 Å². The van der Waals surface area contributed by atoms with Crippen molar-refractivity contribution in [2.24, 2.45) is 11.7 Å². The topological polar surface area (TPSA) is 47.1 Å². The van der Waals surface area contributed by atoms with Crippen LogP contribution in [0.5, 0.6) is 0 Å². The third-order valence-corrected chi connectivity index (χ3v) is 4.12. The second kappa shape index (κ2) is 7.23. The lowest BCUT2D eigenvalue weighted by Gasteiger charge is -2.34. The standard InChI is InChI=1S/C16H30N4/c1-4-10-20-15(8-9-18-20)16-14(17)7-5-6-11-19(16)12-13(2)3/h8-9,13-14,16H,4-7,10-12,17H2,1-3H3. The van der Waals surface area contributed by atoms with Crippen molar-refractivity contribution < 1.29 is 0 Å². The fourth-order valence-electron chi connectivity index (χ4n) is 3.34. The monoisotopic (exact) mass is 278 g/mol. The number of aromatic nitrogens is 2. The van der Waals surface area contributed by atoms with E-state index in [2.05, 4.69) is 41.5 Å². The van der Waals surface area contributed by atoms with Gasteiger partial charge in [0.1, 0.15) is 0 Å². The summed E-state index contributed by atoms with van der Waals surface area (Å²) in [7, 11) is 0. The van der Waals surface area contributed by atoms with E-state index < -0.39 is 0 Å². The van der Waals surface area contributed by atoms with Crippen LogP contribution in [0.4, 0.5) is 0 Å². The Bertz CT molecular complexity index is 399. The molecular formula is C16H30N4. The molecule has 2 unspecified atom stereocenters. The van der Waals surface area contributed by atoms with Gasteiger partial charge in [-0.2, -0.15) is 5.10 Å². The van der Waals surface area contributed by atoms with Crippen molar-refractivity contribution in [2.45, 2.75) is 65.1 Å². The summed E-state index contributed by atoms with van der Waals surface area (Å²) in [6, 6.07) is 2.72. The molecule has 1 aliphatic heterocycles. The lowest BCUT2D eigenvalue weighted by atomic mass is 10.00. The van der Waals surface area contributed by atoms with E-state index in [-0.39, 0.29) is 6.04 Å². The lowest BCUT2D eigenvalue weighted by Crippen LogP contribution is -2.42. The van der Waals surface area contributed by atoms with E-state index in [0.717, 1.165) is 32.5 Å². The molecule has 2 heterocycles. The Morgan fingerprint density at radius 1 is 1.40 bits per heavy atom. The maximum Gasteiger partial charge on any atom is 0.0670 e. The molecule has 4 heteroatoms. The van der Waals surface area contributed by atoms with Gasteiger partial charge < -0.3 is 5.73 Å². The van der Waals surface area contributed by atoms with Crippen molar-refractivity contribution in [2.75, 3.05) is 13.1 Å². The van der Waals surface area contributed by atoms with E-state index in [9.17, 15) is 0 Å². The molecule has 0 aliphatic carbocycles. The fourth-order valence-corrected chi connectivity index (χ4v) is 3.34. The molecule has 0 amide bonds. The molecule has 1 aromatic heterocycles. The smallest absolute Gasteiger partial charge is 0.0670 e. The molecule has 0 aromatic carbocycles. The molecule has 4 nitrogen and oxygen atoms in total. The predicted molar refractivity (Wildman–Crippen MR) is 83.5 cm³/mol. The summed E-state index contributed by atoms with van der Waals surface area (Å²) in [6.07, 6.45) is 6.67. The Kier molecular flexibility index (Phi) is 5.61. The maximum absolute atomic E-state index is 6.52. The first-order chi connectivity index (χ1) is 9.63. The molecule has 0 radical (unpaired) electrons. The Hall–Kier alpha value is -0.870. The van der Waals surface area contributed by atoms with Crippen LogP contribution in [0.15, 0.2) is 12.3 Å². The summed E-state index contributed by atoms with van der Waals surface area (Å²) >= 11 is 0. The van der Waals surface area contributed by atoms with Crippen LogP contribution in [0, 0.1) is 5.92 Å². The molecule has 1 aliphatic rings. The van der Waals surface area contributed by atoms with Crippen LogP contribution in [0.1, 0.15) is 58.2 Å². The van der Waals surface area contributed by atoms with Crippen LogP contribution in [-0.4, -0.2) is 33.8 Å². The molecule has 1 saturated heterocycles. The molecule has 20 heavy (non-hydrogen) atoms. The zero-order valence-electron chi connectivity index (χ0n) is 13.3. The van der Waals surface area contributed by atoms with Crippen molar-refractivity contribution in [3.05, 3.63) is 18.0 Å². The highest BCUT2D eigenvalue weighted by atomic mass is 15.3. The maximum atomic E-state index is 6.52. The molecule has 1 aromatic rings. The highest BCUT2D eigenvalue weighted by Crippen LogP contribution is 2.30. The highest BCUT2D eigenvalue weighted by Gasteiger charge is 2.31. The normalized spacial score (nSPS) is 25.1. The van der Waals surface area contributed by atoms with Gasteiger partial charge in [0, 0.05) is 25.3 Å². The van der Waals surface area contributed by atoms with Crippen LogP contribution in [0.2, 0.25) is 0 Å². The van der Waals surface area contributed by atoms with Gasteiger partial charge in [-0.05, 0) is 37.8 Å². The molecule has 0 bridgehead atoms. The highest BCUT2D eigenvalue weighted by molar-refractivity contribution is 5.11. The average Bonchev–Trinajstić information content (AvgIpc) is 2.75. The number of likely N-dealkylation sites (tertiary alicyclic amines) is 1. The first-order valence-corrected chi connectivity index (χ1v) is 8.14. The zero-order chi connectivity index (χ0) is 14.5. The van der Waals surface area contributed by atoms with Gasteiger partial charge in [0.15, 0.2) is 0 Å². The second-order valence-corrected chi connectivity index (χ2v) is 6.47.